The molecular formula is C32H34N4O3. The Morgan fingerprint density at radius 3 is 2.28 bits per heavy atom. The van der Waals surface area contributed by atoms with E-state index in [-0.39, 0.29) is 29.0 Å². The van der Waals surface area contributed by atoms with Crippen LogP contribution in [0.25, 0.3) is 11.3 Å². The molecule has 0 spiro atoms. The van der Waals surface area contributed by atoms with E-state index in [4.69, 9.17) is 0 Å². The van der Waals surface area contributed by atoms with E-state index in [1.165, 1.54) is 10.7 Å². The third kappa shape index (κ3) is 6.03. The average Bonchev–Trinajstić information content (AvgIpc) is 3.66. The van der Waals surface area contributed by atoms with Gasteiger partial charge in [0.25, 0.3) is 5.91 Å². The lowest BCUT2D eigenvalue weighted by atomic mass is 9.87. The zero-order chi connectivity index (χ0) is 27.7. The van der Waals surface area contributed by atoms with Crippen LogP contribution >= 0.6 is 0 Å². The van der Waals surface area contributed by atoms with E-state index in [0.29, 0.717) is 29.1 Å². The van der Waals surface area contributed by atoms with Gasteiger partial charge in [-0.15, -0.1) is 0 Å². The number of nitrogens with one attached hydrogen (secondary N) is 2. The fourth-order valence-corrected chi connectivity index (χ4v) is 4.47. The van der Waals surface area contributed by atoms with Gasteiger partial charge in [0, 0.05) is 35.3 Å². The third-order valence-corrected chi connectivity index (χ3v) is 7.03. The Morgan fingerprint density at radius 2 is 1.67 bits per heavy atom. The highest BCUT2D eigenvalue weighted by Gasteiger charge is 2.30. The first-order chi connectivity index (χ1) is 18.6. The minimum atomic E-state index is -0.301. The number of hydrogen-bond donors (Lipinski definition) is 3. The molecule has 7 heteroatoms. The number of anilines is 1. The highest BCUT2D eigenvalue weighted by Crippen LogP contribution is 2.42. The molecule has 4 aromatic rings. The van der Waals surface area contributed by atoms with Crippen molar-refractivity contribution in [1.82, 2.24) is 15.1 Å². The van der Waals surface area contributed by atoms with E-state index in [9.17, 15) is 14.7 Å². The van der Waals surface area contributed by atoms with Gasteiger partial charge >= 0.3 is 6.03 Å². The number of aryl methyl sites for hydroxylation is 1. The summed E-state index contributed by atoms with van der Waals surface area (Å²) in [6.07, 6.45) is 2.01. The van der Waals surface area contributed by atoms with Gasteiger partial charge in [0.05, 0.1) is 11.4 Å². The van der Waals surface area contributed by atoms with Crippen molar-refractivity contribution in [2.45, 2.75) is 58.4 Å². The number of hydrogen-bond acceptors (Lipinski definition) is 4. The molecule has 1 aromatic heterocycles. The monoisotopic (exact) mass is 522 g/mol. The van der Waals surface area contributed by atoms with E-state index < -0.39 is 0 Å². The van der Waals surface area contributed by atoms with Crippen molar-refractivity contribution in [3.8, 4) is 17.0 Å². The van der Waals surface area contributed by atoms with Gasteiger partial charge in [0.15, 0.2) is 0 Å². The lowest BCUT2D eigenvalue weighted by Crippen LogP contribution is -2.30. The van der Waals surface area contributed by atoms with Crippen LogP contribution < -0.4 is 10.6 Å². The van der Waals surface area contributed by atoms with Gasteiger partial charge in [-0.3, -0.25) is 4.79 Å². The Labute approximate surface area is 228 Å². The summed E-state index contributed by atoms with van der Waals surface area (Å²) in [6.45, 7) is 8.80. The number of amides is 2. The van der Waals surface area contributed by atoms with Crippen molar-refractivity contribution in [1.29, 1.82) is 0 Å². The molecule has 7 nitrogen and oxygen atoms in total. The molecule has 2 amide bonds. The summed E-state index contributed by atoms with van der Waals surface area (Å²) in [5, 5.41) is 21.2. The molecule has 1 saturated carbocycles. The lowest BCUT2D eigenvalue weighted by Gasteiger charge is -2.19. The SMILES string of the molecule is Cc1ccc(CNC(=O)n2nc(-c3ccc(NC(=O)c4ccc(C(C)(C)C)cc4)cc3O)cc2C2CC2)cc1. The molecule has 3 aromatic carbocycles. The van der Waals surface area contributed by atoms with Gasteiger partial charge in [-0.2, -0.15) is 9.78 Å². The number of benzene rings is 3. The molecule has 3 N–H and O–H groups in total. The second kappa shape index (κ2) is 10.4. The van der Waals surface area contributed by atoms with Crippen LogP contribution in [0.2, 0.25) is 0 Å². The molecule has 1 heterocycles. The van der Waals surface area contributed by atoms with Crippen molar-refractivity contribution in [2.24, 2.45) is 0 Å². The first-order valence-corrected chi connectivity index (χ1v) is 13.3. The zero-order valence-electron chi connectivity index (χ0n) is 22.8. The molecule has 39 heavy (non-hydrogen) atoms. The van der Waals surface area contributed by atoms with Crippen LogP contribution in [-0.4, -0.2) is 26.8 Å². The van der Waals surface area contributed by atoms with Gasteiger partial charge in [-0.05, 0) is 66.6 Å². The summed E-state index contributed by atoms with van der Waals surface area (Å²) < 4.78 is 1.41. The topological polar surface area (TPSA) is 96.3 Å². The maximum Gasteiger partial charge on any atom is 0.342 e. The van der Waals surface area contributed by atoms with Crippen molar-refractivity contribution in [3.05, 3.63) is 101 Å². The molecule has 1 aliphatic rings. The summed E-state index contributed by atoms with van der Waals surface area (Å²) in [4.78, 5) is 25.8. The molecule has 0 unspecified atom stereocenters. The molecular weight excluding hydrogens is 488 g/mol. The largest absolute Gasteiger partial charge is 0.507 e. The molecule has 200 valence electrons. The second-order valence-corrected chi connectivity index (χ2v) is 11.3. The average molecular weight is 523 g/mol. The normalized spacial score (nSPS) is 13.2. The summed E-state index contributed by atoms with van der Waals surface area (Å²) in [5.74, 6) is -0.00199. The van der Waals surface area contributed by atoms with Gasteiger partial charge in [-0.25, -0.2) is 4.79 Å². The van der Waals surface area contributed by atoms with Crippen molar-refractivity contribution < 1.29 is 14.7 Å². The Kier molecular flexibility index (Phi) is 7.00. The van der Waals surface area contributed by atoms with Gasteiger partial charge in [0.2, 0.25) is 0 Å². The fraction of sp³-hybridized carbons (Fsp3) is 0.281. The van der Waals surface area contributed by atoms with Gasteiger partial charge < -0.3 is 15.7 Å². The number of carbonyl (C=O) groups is 2. The number of nitrogens with zero attached hydrogens (tertiary/aromatic N) is 2. The number of aromatic hydroxyl groups is 1. The van der Waals surface area contributed by atoms with Crippen LogP contribution in [0.15, 0.2) is 72.8 Å². The predicted octanol–water partition coefficient (Wildman–Crippen LogP) is 6.75. The molecule has 0 aliphatic heterocycles. The number of phenols is 1. The Hall–Kier alpha value is -4.39. The Balaban J connectivity index is 1.31. The highest BCUT2D eigenvalue weighted by molar-refractivity contribution is 6.04. The second-order valence-electron chi connectivity index (χ2n) is 11.3. The predicted molar refractivity (Wildman–Crippen MR) is 153 cm³/mol. The first-order valence-electron chi connectivity index (χ1n) is 13.3. The van der Waals surface area contributed by atoms with Crippen LogP contribution in [0, 0.1) is 6.92 Å². The van der Waals surface area contributed by atoms with Crippen LogP contribution in [-0.2, 0) is 12.0 Å². The third-order valence-electron chi connectivity index (χ3n) is 7.03. The standard InChI is InChI=1S/C32H34N4O3/c1-20-5-7-21(8-6-20)19-33-31(39)36-28(22-9-10-22)18-27(35-36)26-16-15-25(17-29(26)37)34-30(38)23-11-13-24(14-12-23)32(2,3)4/h5-8,11-18,22,37H,9-10,19H2,1-4H3,(H,33,39)(H,34,38). The quantitative estimate of drug-likeness (QED) is 0.261. The van der Waals surface area contributed by atoms with Crippen molar-refractivity contribution in [3.63, 3.8) is 0 Å². The fourth-order valence-electron chi connectivity index (χ4n) is 4.47. The first kappa shape index (κ1) is 26.2. The maximum absolute atomic E-state index is 13.0. The van der Waals surface area contributed by atoms with E-state index in [0.717, 1.165) is 35.2 Å². The maximum atomic E-state index is 13.0. The van der Waals surface area contributed by atoms with E-state index in [1.807, 2.05) is 49.4 Å². The van der Waals surface area contributed by atoms with Gasteiger partial charge in [0.1, 0.15) is 5.75 Å². The Bertz CT molecular complexity index is 1510. The van der Waals surface area contributed by atoms with Crippen LogP contribution in [0.3, 0.4) is 0 Å². The van der Waals surface area contributed by atoms with Crippen LogP contribution in [0.1, 0.15) is 72.3 Å². The summed E-state index contributed by atoms with van der Waals surface area (Å²) in [7, 11) is 0. The van der Waals surface area contributed by atoms with E-state index >= 15 is 0 Å². The summed E-state index contributed by atoms with van der Waals surface area (Å²) in [6, 6.07) is 22.0. The summed E-state index contributed by atoms with van der Waals surface area (Å²) >= 11 is 0. The Morgan fingerprint density at radius 1 is 0.974 bits per heavy atom. The smallest absolute Gasteiger partial charge is 0.342 e. The molecule has 1 aliphatic carbocycles. The van der Waals surface area contributed by atoms with Crippen LogP contribution in [0.4, 0.5) is 10.5 Å². The highest BCUT2D eigenvalue weighted by atomic mass is 16.3. The van der Waals surface area contributed by atoms with E-state index in [2.05, 4.69) is 36.5 Å². The van der Waals surface area contributed by atoms with E-state index in [1.54, 1.807) is 24.3 Å². The lowest BCUT2D eigenvalue weighted by molar-refractivity contribution is 0.102. The summed E-state index contributed by atoms with van der Waals surface area (Å²) in [5.41, 5.74) is 6.18. The minimum absolute atomic E-state index is 0.00471. The molecule has 1 fully saturated rings. The van der Waals surface area contributed by atoms with Crippen molar-refractivity contribution in [2.75, 3.05) is 5.32 Å². The number of aromatic nitrogens is 2. The molecule has 0 radical (unpaired) electrons. The molecule has 5 rings (SSSR count). The molecule has 0 bridgehead atoms. The van der Waals surface area contributed by atoms with Crippen LogP contribution in [0.5, 0.6) is 5.75 Å². The van der Waals surface area contributed by atoms with Gasteiger partial charge in [-0.1, -0.05) is 62.7 Å². The minimum Gasteiger partial charge on any atom is -0.507 e. The van der Waals surface area contributed by atoms with Crippen molar-refractivity contribution >= 4 is 17.6 Å². The number of rotatable bonds is 6. The number of carbonyl (C=O) groups excluding carboxylic acids is 2. The molecule has 0 saturated heterocycles. The number of phenolic OH excluding ortho intramolecular Hbond substituents is 1. The molecule has 0 atom stereocenters. The zero-order valence-corrected chi connectivity index (χ0v) is 22.8.